The van der Waals surface area contributed by atoms with Gasteiger partial charge in [-0.25, -0.2) is 0 Å². The number of aliphatic hydroxyl groups excluding tert-OH is 1. The molecular weight excluding hydrogens is 300 g/mol. The molecule has 0 bridgehead atoms. The fraction of sp³-hybridized carbons (Fsp3) is 0.600. The van der Waals surface area contributed by atoms with Crippen molar-refractivity contribution in [1.29, 1.82) is 0 Å². The van der Waals surface area contributed by atoms with E-state index in [1.165, 1.54) is 5.56 Å². The van der Waals surface area contributed by atoms with E-state index in [-0.39, 0.29) is 23.2 Å². The Kier molecular flexibility index (Phi) is 7.24. The minimum absolute atomic E-state index is 0.0450. The lowest BCUT2D eigenvalue weighted by Crippen LogP contribution is -2.41. The highest BCUT2D eigenvalue weighted by molar-refractivity contribution is 6.74. The lowest BCUT2D eigenvalue weighted by molar-refractivity contribution is 0.128. The van der Waals surface area contributed by atoms with Crippen molar-refractivity contribution in [2.24, 2.45) is 5.92 Å². The molecule has 0 saturated heterocycles. The molecule has 0 unspecified atom stereocenters. The highest BCUT2D eigenvalue weighted by Crippen LogP contribution is 2.40. The van der Waals surface area contributed by atoms with Crippen molar-refractivity contribution in [2.75, 3.05) is 0 Å². The maximum atomic E-state index is 9.99. The van der Waals surface area contributed by atoms with Gasteiger partial charge in [-0.3, -0.25) is 0 Å². The van der Waals surface area contributed by atoms with E-state index in [4.69, 9.17) is 4.43 Å². The zero-order chi connectivity index (χ0) is 17.7. The van der Waals surface area contributed by atoms with E-state index in [9.17, 15) is 5.11 Å². The van der Waals surface area contributed by atoms with E-state index < -0.39 is 8.32 Å². The second-order valence-corrected chi connectivity index (χ2v) is 12.9. The zero-order valence-electron chi connectivity index (χ0n) is 15.8. The molecular formula is C20H34O2Si. The molecule has 1 aromatic rings. The van der Waals surface area contributed by atoms with Crippen molar-refractivity contribution in [3.05, 3.63) is 48.0 Å². The summed E-state index contributed by atoms with van der Waals surface area (Å²) in [6.07, 6.45) is 4.51. The monoisotopic (exact) mass is 334 g/mol. The van der Waals surface area contributed by atoms with Crippen LogP contribution in [0.5, 0.6) is 0 Å². The van der Waals surface area contributed by atoms with Gasteiger partial charge in [0.1, 0.15) is 0 Å². The summed E-state index contributed by atoms with van der Waals surface area (Å²) < 4.78 is 6.60. The normalized spacial score (nSPS) is 16.0. The highest BCUT2D eigenvalue weighted by atomic mass is 28.4. The summed E-state index contributed by atoms with van der Waals surface area (Å²) in [5.74, 6) is 0.274. The molecule has 0 amide bonds. The summed E-state index contributed by atoms with van der Waals surface area (Å²) in [6.45, 7) is 15.4. The highest BCUT2D eigenvalue weighted by Gasteiger charge is 2.39. The third kappa shape index (κ3) is 6.25. The summed E-state index contributed by atoms with van der Waals surface area (Å²) in [4.78, 5) is 0. The Morgan fingerprint density at radius 2 is 1.70 bits per heavy atom. The first-order chi connectivity index (χ1) is 10.5. The number of aliphatic hydroxyl groups is 1. The quantitative estimate of drug-likeness (QED) is 0.511. The van der Waals surface area contributed by atoms with Crippen LogP contribution in [0.4, 0.5) is 0 Å². The van der Waals surface area contributed by atoms with Crippen LogP contribution in [-0.4, -0.2) is 19.5 Å². The van der Waals surface area contributed by atoms with E-state index in [0.29, 0.717) is 6.42 Å². The summed E-state index contributed by atoms with van der Waals surface area (Å²) in [7, 11) is -1.86. The van der Waals surface area contributed by atoms with Crippen LogP contribution in [0.3, 0.4) is 0 Å². The topological polar surface area (TPSA) is 29.5 Å². The molecule has 0 aliphatic carbocycles. The molecule has 2 atom stereocenters. The van der Waals surface area contributed by atoms with Crippen LogP contribution in [0.2, 0.25) is 18.1 Å². The van der Waals surface area contributed by atoms with Crippen LogP contribution in [0, 0.1) is 5.92 Å². The summed E-state index contributed by atoms with van der Waals surface area (Å²) in [5, 5.41) is 10.2. The molecule has 0 aliphatic heterocycles. The van der Waals surface area contributed by atoms with Gasteiger partial charge >= 0.3 is 0 Å². The third-order valence-corrected chi connectivity index (χ3v) is 9.27. The fourth-order valence-corrected chi connectivity index (χ4v) is 3.17. The van der Waals surface area contributed by atoms with Crippen molar-refractivity contribution in [1.82, 2.24) is 0 Å². The molecule has 1 aromatic carbocycles. The number of rotatable bonds is 7. The Hall–Kier alpha value is -0.903. The van der Waals surface area contributed by atoms with Gasteiger partial charge in [0, 0.05) is 0 Å². The van der Waals surface area contributed by atoms with Crippen LogP contribution in [0.25, 0.3) is 0 Å². The average Bonchev–Trinajstić information content (AvgIpc) is 2.45. The van der Waals surface area contributed by atoms with E-state index in [1.807, 2.05) is 32.0 Å². The first-order valence-corrected chi connectivity index (χ1v) is 11.5. The standard InChI is InChI=1S/C20H34O2Si/c1-16(2)18(21)14-11-15-19(17-12-9-8-10-13-17)22-23(6,7)20(3,4)5/h8-13,15-16,18-19,21H,14H2,1-7H3/b15-11-/t18-,19+/m1/s1. The molecule has 0 radical (unpaired) electrons. The molecule has 130 valence electrons. The Bertz CT molecular complexity index is 486. The van der Waals surface area contributed by atoms with Crippen LogP contribution in [0.1, 0.15) is 52.7 Å². The maximum absolute atomic E-state index is 9.99. The minimum Gasteiger partial charge on any atom is -0.407 e. The Labute approximate surface area is 143 Å². The Morgan fingerprint density at radius 3 is 2.17 bits per heavy atom. The molecule has 1 rings (SSSR count). The van der Waals surface area contributed by atoms with Crippen LogP contribution in [0.15, 0.2) is 42.5 Å². The van der Waals surface area contributed by atoms with Crippen molar-refractivity contribution < 1.29 is 9.53 Å². The van der Waals surface area contributed by atoms with Crippen LogP contribution < -0.4 is 0 Å². The molecule has 1 N–H and O–H groups in total. The van der Waals surface area contributed by atoms with Gasteiger partial charge in [0.2, 0.25) is 0 Å². The largest absolute Gasteiger partial charge is 0.407 e. The van der Waals surface area contributed by atoms with Gasteiger partial charge in [-0.15, -0.1) is 0 Å². The van der Waals surface area contributed by atoms with Gasteiger partial charge in [0.05, 0.1) is 12.2 Å². The second kappa shape index (κ2) is 8.27. The Morgan fingerprint density at radius 1 is 1.13 bits per heavy atom. The van der Waals surface area contributed by atoms with Gasteiger partial charge in [-0.05, 0) is 36.0 Å². The van der Waals surface area contributed by atoms with Crippen molar-refractivity contribution in [2.45, 2.75) is 71.4 Å². The molecule has 0 fully saturated rings. The summed E-state index contributed by atoms with van der Waals surface area (Å²) in [6, 6.07) is 10.4. The average molecular weight is 335 g/mol. The molecule has 0 saturated carbocycles. The van der Waals surface area contributed by atoms with Crippen molar-refractivity contribution in [3.8, 4) is 0 Å². The molecule has 0 aliphatic rings. The second-order valence-electron chi connectivity index (χ2n) is 8.18. The predicted molar refractivity (Wildman–Crippen MR) is 102 cm³/mol. The summed E-state index contributed by atoms with van der Waals surface area (Å²) in [5.41, 5.74) is 1.17. The van der Waals surface area contributed by atoms with E-state index in [2.05, 4.69) is 58.2 Å². The first kappa shape index (κ1) is 20.1. The number of hydrogen-bond donors (Lipinski definition) is 1. The predicted octanol–water partition coefficient (Wildman–Crippen LogP) is 5.71. The van der Waals surface area contributed by atoms with E-state index >= 15 is 0 Å². The van der Waals surface area contributed by atoms with E-state index in [1.54, 1.807) is 0 Å². The lowest BCUT2D eigenvalue weighted by atomic mass is 10.0. The van der Waals surface area contributed by atoms with Crippen molar-refractivity contribution in [3.63, 3.8) is 0 Å². The molecule has 0 spiro atoms. The molecule has 0 heterocycles. The van der Waals surface area contributed by atoms with Crippen LogP contribution in [-0.2, 0) is 4.43 Å². The first-order valence-electron chi connectivity index (χ1n) is 8.62. The zero-order valence-corrected chi connectivity index (χ0v) is 16.8. The minimum atomic E-state index is -1.86. The lowest BCUT2D eigenvalue weighted by Gasteiger charge is -2.38. The molecule has 0 aromatic heterocycles. The van der Waals surface area contributed by atoms with E-state index in [0.717, 1.165) is 0 Å². The maximum Gasteiger partial charge on any atom is 0.193 e. The van der Waals surface area contributed by atoms with Gasteiger partial charge in [0.25, 0.3) is 0 Å². The van der Waals surface area contributed by atoms with Gasteiger partial charge in [0.15, 0.2) is 8.32 Å². The number of hydrogen-bond acceptors (Lipinski definition) is 2. The van der Waals surface area contributed by atoms with Crippen LogP contribution >= 0.6 is 0 Å². The van der Waals surface area contributed by atoms with Crippen molar-refractivity contribution >= 4 is 8.32 Å². The fourth-order valence-electron chi connectivity index (χ4n) is 1.97. The molecule has 2 nitrogen and oxygen atoms in total. The van der Waals surface area contributed by atoms with Gasteiger partial charge < -0.3 is 9.53 Å². The third-order valence-electron chi connectivity index (χ3n) is 4.81. The SMILES string of the molecule is CC(C)[C@H](O)C/C=C\[C@H](O[Si](C)(C)C(C)(C)C)c1ccccc1. The molecule has 3 heteroatoms. The molecule has 23 heavy (non-hydrogen) atoms. The van der Waals surface area contributed by atoms with Gasteiger partial charge in [-0.1, -0.05) is 77.1 Å². The smallest absolute Gasteiger partial charge is 0.193 e. The Balaban J connectivity index is 2.94. The summed E-state index contributed by atoms with van der Waals surface area (Å²) >= 11 is 0. The number of benzene rings is 1. The van der Waals surface area contributed by atoms with Gasteiger partial charge in [-0.2, -0.15) is 0 Å².